The molecule has 1 amide bonds. The minimum absolute atomic E-state index is 0.180. The van der Waals surface area contributed by atoms with E-state index in [-0.39, 0.29) is 11.5 Å². The average molecular weight is 418 g/mol. The Morgan fingerprint density at radius 3 is 1.94 bits per heavy atom. The van der Waals surface area contributed by atoms with Crippen molar-refractivity contribution >= 4 is 39.2 Å². The van der Waals surface area contributed by atoms with Crippen molar-refractivity contribution in [3.63, 3.8) is 0 Å². The Kier molecular flexibility index (Phi) is 5.31. The molecule has 32 heavy (non-hydrogen) atoms. The highest BCUT2D eigenvalue weighted by Gasteiger charge is 2.24. The Labute approximate surface area is 187 Å². The van der Waals surface area contributed by atoms with Gasteiger partial charge in [-0.1, -0.05) is 66.7 Å². The number of para-hydroxylation sites is 1. The van der Waals surface area contributed by atoms with Crippen LogP contribution in [-0.4, -0.2) is 37.0 Å². The quantitative estimate of drug-likeness (QED) is 0.260. The largest absolute Gasteiger partial charge is 0.368 e. The van der Waals surface area contributed by atoms with Gasteiger partial charge in [0.2, 0.25) is 0 Å². The molecule has 0 atom stereocenters. The standard InChI is InChI=1S/C28H23N3O/c29-20-23(28(32)31-16-14-30(15-17-31)24-10-2-1-3-11-24)19-27-25-12-6-4-8-21(25)18-22-9-5-7-13-26(22)27/h1-13,18-19H,14-17H2/b23-19-. The summed E-state index contributed by atoms with van der Waals surface area (Å²) in [5, 5.41) is 14.2. The summed E-state index contributed by atoms with van der Waals surface area (Å²) in [6, 6.07) is 30.8. The molecule has 0 aliphatic carbocycles. The highest BCUT2D eigenvalue weighted by molar-refractivity contribution is 6.11. The van der Waals surface area contributed by atoms with E-state index in [0.717, 1.165) is 45.9 Å². The van der Waals surface area contributed by atoms with Crippen LogP contribution in [0.15, 0.2) is 90.5 Å². The summed E-state index contributed by atoms with van der Waals surface area (Å²) in [6.45, 7) is 2.71. The predicted molar refractivity (Wildman–Crippen MR) is 130 cm³/mol. The van der Waals surface area contributed by atoms with Crippen molar-refractivity contribution in [1.82, 2.24) is 4.90 Å². The van der Waals surface area contributed by atoms with E-state index in [1.54, 1.807) is 11.0 Å². The summed E-state index contributed by atoms with van der Waals surface area (Å²) in [6.07, 6.45) is 1.77. The minimum atomic E-state index is -0.197. The molecule has 4 aromatic carbocycles. The van der Waals surface area contributed by atoms with Crippen molar-refractivity contribution in [1.29, 1.82) is 5.26 Å². The van der Waals surface area contributed by atoms with Crippen molar-refractivity contribution in [3.8, 4) is 6.07 Å². The van der Waals surface area contributed by atoms with Gasteiger partial charge in [-0.15, -0.1) is 0 Å². The molecule has 5 rings (SSSR count). The fourth-order valence-electron chi connectivity index (χ4n) is 4.47. The highest BCUT2D eigenvalue weighted by Crippen LogP contribution is 2.30. The van der Waals surface area contributed by atoms with E-state index in [2.05, 4.69) is 41.3 Å². The maximum Gasteiger partial charge on any atom is 0.264 e. The predicted octanol–water partition coefficient (Wildman–Crippen LogP) is 5.25. The van der Waals surface area contributed by atoms with E-state index in [9.17, 15) is 10.1 Å². The summed E-state index contributed by atoms with van der Waals surface area (Å²) in [5.74, 6) is -0.197. The zero-order valence-electron chi connectivity index (χ0n) is 17.7. The number of benzene rings is 4. The fraction of sp³-hybridized carbons (Fsp3) is 0.143. The number of carbonyl (C=O) groups is 1. The zero-order chi connectivity index (χ0) is 21.9. The number of piperazine rings is 1. The number of amides is 1. The van der Waals surface area contributed by atoms with E-state index >= 15 is 0 Å². The lowest BCUT2D eigenvalue weighted by atomic mass is 9.95. The molecule has 1 aliphatic rings. The maximum atomic E-state index is 13.3. The van der Waals surface area contributed by atoms with Crippen LogP contribution < -0.4 is 4.90 Å². The van der Waals surface area contributed by atoms with Crippen LogP contribution >= 0.6 is 0 Å². The van der Waals surface area contributed by atoms with E-state index in [0.29, 0.717) is 13.1 Å². The molecule has 1 saturated heterocycles. The van der Waals surface area contributed by atoms with Crippen LogP contribution in [0.3, 0.4) is 0 Å². The first-order chi connectivity index (χ1) is 15.7. The lowest BCUT2D eigenvalue weighted by molar-refractivity contribution is -0.126. The van der Waals surface area contributed by atoms with Crippen LogP contribution in [0.4, 0.5) is 5.69 Å². The van der Waals surface area contributed by atoms with Gasteiger partial charge in [-0.25, -0.2) is 0 Å². The van der Waals surface area contributed by atoms with E-state index < -0.39 is 0 Å². The molecule has 1 aliphatic heterocycles. The summed E-state index contributed by atoms with van der Waals surface area (Å²) in [7, 11) is 0. The van der Waals surface area contributed by atoms with Crippen LogP contribution in [0.25, 0.3) is 27.6 Å². The summed E-state index contributed by atoms with van der Waals surface area (Å²) in [4.78, 5) is 17.3. The zero-order valence-corrected chi connectivity index (χ0v) is 17.7. The molecule has 0 N–H and O–H groups in total. The SMILES string of the molecule is N#C/C(=C/c1c2ccccc2cc2ccccc12)C(=O)N1CCN(c2ccccc2)CC1. The number of fused-ring (bicyclic) bond motifs is 2. The molecule has 0 saturated carbocycles. The smallest absolute Gasteiger partial charge is 0.264 e. The first-order valence-electron chi connectivity index (χ1n) is 10.9. The fourth-order valence-corrected chi connectivity index (χ4v) is 4.47. The number of nitriles is 1. The molecule has 1 fully saturated rings. The van der Waals surface area contributed by atoms with Gasteiger partial charge in [0.1, 0.15) is 11.6 Å². The minimum Gasteiger partial charge on any atom is -0.368 e. The third-order valence-corrected chi connectivity index (χ3v) is 6.14. The van der Waals surface area contributed by atoms with Crippen LogP contribution in [0.5, 0.6) is 0 Å². The molecule has 0 spiro atoms. The van der Waals surface area contributed by atoms with Crippen LogP contribution in [0.2, 0.25) is 0 Å². The Morgan fingerprint density at radius 1 is 0.781 bits per heavy atom. The first-order valence-corrected chi connectivity index (χ1v) is 10.9. The molecular weight excluding hydrogens is 394 g/mol. The third kappa shape index (κ3) is 3.70. The Balaban J connectivity index is 1.46. The lowest BCUT2D eigenvalue weighted by Crippen LogP contribution is -2.49. The number of hydrogen-bond donors (Lipinski definition) is 0. The molecule has 156 valence electrons. The second kappa shape index (κ2) is 8.56. The number of hydrogen-bond acceptors (Lipinski definition) is 3. The molecule has 4 aromatic rings. The Hall–Kier alpha value is -4.10. The van der Waals surface area contributed by atoms with Gasteiger partial charge in [-0.3, -0.25) is 4.79 Å². The van der Waals surface area contributed by atoms with Crippen LogP contribution in [0.1, 0.15) is 5.56 Å². The second-order valence-electron chi connectivity index (χ2n) is 8.02. The van der Waals surface area contributed by atoms with Gasteiger partial charge in [0.25, 0.3) is 5.91 Å². The lowest BCUT2D eigenvalue weighted by Gasteiger charge is -2.36. The van der Waals surface area contributed by atoms with Crippen molar-refractivity contribution in [2.75, 3.05) is 31.1 Å². The molecule has 0 radical (unpaired) electrons. The van der Waals surface area contributed by atoms with Gasteiger partial charge in [-0.2, -0.15) is 5.26 Å². The van der Waals surface area contributed by atoms with Crippen LogP contribution in [0, 0.1) is 11.3 Å². The van der Waals surface area contributed by atoms with Gasteiger partial charge in [0.15, 0.2) is 0 Å². The molecule has 4 heteroatoms. The van der Waals surface area contributed by atoms with Crippen molar-refractivity contribution in [2.24, 2.45) is 0 Å². The molecular formula is C28H23N3O. The average Bonchev–Trinajstić information content (AvgIpc) is 2.87. The highest BCUT2D eigenvalue weighted by atomic mass is 16.2. The molecule has 4 nitrogen and oxygen atoms in total. The van der Waals surface area contributed by atoms with Gasteiger partial charge >= 0.3 is 0 Å². The van der Waals surface area contributed by atoms with E-state index in [4.69, 9.17) is 0 Å². The maximum absolute atomic E-state index is 13.3. The number of rotatable bonds is 3. The summed E-state index contributed by atoms with van der Waals surface area (Å²) in [5.41, 5.74) is 2.27. The molecule has 0 unspecified atom stereocenters. The topological polar surface area (TPSA) is 47.3 Å². The van der Waals surface area contributed by atoms with E-state index in [1.165, 1.54) is 0 Å². The monoisotopic (exact) mass is 417 g/mol. The van der Waals surface area contributed by atoms with Crippen LogP contribution in [-0.2, 0) is 4.79 Å². The molecule has 0 aromatic heterocycles. The Bertz CT molecular complexity index is 1310. The summed E-state index contributed by atoms with van der Waals surface area (Å²) >= 11 is 0. The van der Waals surface area contributed by atoms with Gasteiger partial charge in [0.05, 0.1) is 0 Å². The summed E-state index contributed by atoms with van der Waals surface area (Å²) < 4.78 is 0. The number of anilines is 1. The molecule has 1 heterocycles. The van der Waals surface area contributed by atoms with Crippen molar-refractivity contribution in [3.05, 3.63) is 96.1 Å². The normalized spacial score (nSPS) is 14.5. The number of nitrogens with zero attached hydrogens (tertiary/aromatic N) is 3. The van der Waals surface area contributed by atoms with Gasteiger partial charge in [-0.05, 0) is 51.4 Å². The van der Waals surface area contributed by atoms with Crippen molar-refractivity contribution in [2.45, 2.75) is 0 Å². The van der Waals surface area contributed by atoms with Crippen molar-refractivity contribution < 1.29 is 4.79 Å². The van der Waals surface area contributed by atoms with Gasteiger partial charge < -0.3 is 9.80 Å². The third-order valence-electron chi connectivity index (χ3n) is 6.14. The molecule has 0 bridgehead atoms. The van der Waals surface area contributed by atoms with Gasteiger partial charge in [0, 0.05) is 31.9 Å². The second-order valence-corrected chi connectivity index (χ2v) is 8.02. The van der Waals surface area contributed by atoms with E-state index in [1.807, 2.05) is 54.6 Å². The first kappa shape index (κ1) is 19.8. The number of carbonyl (C=O) groups excluding carboxylic acids is 1. The Morgan fingerprint density at radius 2 is 1.34 bits per heavy atom.